The predicted octanol–water partition coefficient (Wildman–Crippen LogP) is 2.19. The highest BCUT2D eigenvalue weighted by Crippen LogP contribution is 2.25. The van der Waals surface area contributed by atoms with Crippen molar-refractivity contribution in [3.05, 3.63) is 70.4 Å². The highest BCUT2D eigenvalue weighted by atomic mass is 32.1. The molecule has 1 aromatic carbocycles. The summed E-state index contributed by atoms with van der Waals surface area (Å²) in [5.74, 6) is -0.0536. The van der Waals surface area contributed by atoms with Crippen LogP contribution in [0.2, 0.25) is 0 Å². The fourth-order valence-electron chi connectivity index (χ4n) is 3.33. The van der Waals surface area contributed by atoms with Crippen molar-refractivity contribution in [2.24, 2.45) is 0 Å². The Hall–Kier alpha value is -2.55. The first-order valence-corrected chi connectivity index (χ1v) is 10.2. The lowest BCUT2D eigenvalue weighted by atomic mass is 10.1. The first kappa shape index (κ1) is 18.8. The Kier molecular flexibility index (Phi) is 6.11. The Balaban J connectivity index is 1.37. The van der Waals surface area contributed by atoms with Gasteiger partial charge in [0.2, 0.25) is 0 Å². The number of aromatic nitrogens is 3. The Bertz CT molecular complexity index is 859. The average Bonchev–Trinajstić information content (AvgIpc) is 3.44. The maximum absolute atomic E-state index is 12.7. The van der Waals surface area contributed by atoms with Crippen LogP contribution < -0.4 is 5.32 Å². The van der Waals surface area contributed by atoms with Gasteiger partial charge < -0.3 is 10.1 Å². The lowest BCUT2D eigenvalue weighted by molar-refractivity contribution is 0.0169. The molecule has 0 saturated carbocycles. The van der Waals surface area contributed by atoms with E-state index in [-0.39, 0.29) is 11.9 Å². The molecule has 7 nitrogen and oxygen atoms in total. The lowest BCUT2D eigenvalue weighted by Gasteiger charge is -2.34. The van der Waals surface area contributed by atoms with E-state index in [4.69, 9.17) is 4.74 Å². The number of ether oxygens (including phenoxy) is 1. The van der Waals surface area contributed by atoms with E-state index in [0.29, 0.717) is 18.7 Å². The molecule has 1 aliphatic rings. The molecule has 3 heterocycles. The second kappa shape index (κ2) is 9.09. The van der Waals surface area contributed by atoms with Gasteiger partial charge in [-0.05, 0) is 29.1 Å². The summed E-state index contributed by atoms with van der Waals surface area (Å²) in [5.41, 5.74) is 1.74. The Morgan fingerprint density at radius 2 is 2.04 bits per heavy atom. The van der Waals surface area contributed by atoms with E-state index >= 15 is 0 Å². The summed E-state index contributed by atoms with van der Waals surface area (Å²) in [6, 6.07) is 12.0. The minimum absolute atomic E-state index is 0.0536. The number of carbonyl (C=O) groups is 1. The van der Waals surface area contributed by atoms with E-state index in [2.05, 4.69) is 37.8 Å². The summed E-state index contributed by atoms with van der Waals surface area (Å²) in [5, 5.41) is 9.29. The number of nitrogens with one attached hydrogen (secondary N) is 1. The number of amides is 1. The van der Waals surface area contributed by atoms with Gasteiger partial charge in [-0.15, -0.1) is 11.3 Å². The summed E-state index contributed by atoms with van der Waals surface area (Å²) < 4.78 is 7.23. The van der Waals surface area contributed by atoms with E-state index in [0.717, 1.165) is 31.9 Å². The molecule has 1 unspecified atom stereocenters. The molecule has 1 amide bonds. The maximum Gasteiger partial charge on any atom is 0.251 e. The number of rotatable bonds is 7. The van der Waals surface area contributed by atoms with Crippen LogP contribution in [0.25, 0.3) is 0 Å². The van der Waals surface area contributed by atoms with E-state index < -0.39 is 0 Å². The van der Waals surface area contributed by atoms with Crippen molar-refractivity contribution in [1.29, 1.82) is 0 Å². The monoisotopic (exact) mass is 397 g/mol. The predicted molar refractivity (Wildman–Crippen MR) is 107 cm³/mol. The standard InChI is InChI=1S/C20H23N5O2S/c26-20(17-5-3-16(4-6-17)13-25-15-21-14-23-25)22-12-18(19-2-1-11-28-19)24-7-9-27-10-8-24/h1-6,11,14-15,18H,7-10,12-13H2,(H,22,26). The zero-order valence-corrected chi connectivity index (χ0v) is 16.3. The van der Waals surface area contributed by atoms with Gasteiger partial charge >= 0.3 is 0 Å². The lowest BCUT2D eigenvalue weighted by Crippen LogP contribution is -2.43. The summed E-state index contributed by atoms with van der Waals surface area (Å²) in [7, 11) is 0. The Labute approximate surface area is 168 Å². The molecular weight excluding hydrogens is 374 g/mol. The van der Waals surface area contributed by atoms with Gasteiger partial charge in [0.05, 0.1) is 25.8 Å². The molecule has 1 N–H and O–H groups in total. The van der Waals surface area contributed by atoms with Crippen molar-refractivity contribution >= 4 is 17.2 Å². The Morgan fingerprint density at radius 3 is 2.71 bits per heavy atom. The molecule has 0 spiro atoms. The van der Waals surface area contributed by atoms with Crippen molar-refractivity contribution < 1.29 is 9.53 Å². The smallest absolute Gasteiger partial charge is 0.251 e. The van der Waals surface area contributed by atoms with Crippen molar-refractivity contribution in [3.8, 4) is 0 Å². The van der Waals surface area contributed by atoms with Crippen LogP contribution in [0.1, 0.15) is 26.8 Å². The van der Waals surface area contributed by atoms with Crippen molar-refractivity contribution in [3.63, 3.8) is 0 Å². The second-order valence-electron chi connectivity index (χ2n) is 6.68. The highest BCUT2D eigenvalue weighted by Gasteiger charge is 2.24. The van der Waals surface area contributed by atoms with Crippen LogP contribution in [0.15, 0.2) is 54.4 Å². The molecule has 1 fully saturated rings. The third kappa shape index (κ3) is 4.64. The molecule has 1 saturated heterocycles. The number of hydrogen-bond acceptors (Lipinski definition) is 6. The minimum Gasteiger partial charge on any atom is -0.379 e. The van der Waals surface area contributed by atoms with E-state index in [9.17, 15) is 4.79 Å². The van der Waals surface area contributed by atoms with Gasteiger partial charge in [-0.1, -0.05) is 18.2 Å². The third-order valence-electron chi connectivity index (χ3n) is 4.84. The topological polar surface area (TPSA) is 72.3 Å². The average molecular weight is 398 g/mol. The van der Waals surface area contributed by atoms with Crippen molar-refractivity contribution in [1.82, 2.24) is 25.0 Å². The van der Waals surface area contributed by atoms with Gasteiger partial charge in [0.1, 0.15) is 12.7 Å². The second-order valence-corrected chi connectivity index (χ2v) is 7.66. The molecule has 1 aliphatic heterocycles. The molecule has 0 radical (unpaired) electrons. The summed E-state index contributed by atoms with van der Waals surface area (Å²) in [6.07, 6.45) is 3.19. The molecule has 4 rings (SSSR count). The van der Waals surface area contributed by atoms with Crippen molar-refractivity contribution in [2.45, 2.75) is 12.6 Å². The van der Waals surface area contributed by atoms with Crippen LogP contribution in [0.5, 0.6) is 0 Å². The summed E-state index contributed by atoms with van der Waals surface area (Å²) in [4.78, 5) is 20.2. The quantitative estimate of drug-likeness (QED) is 0.662. The zero-order chi connectivity index (χ0) is 19.2. The Morgan fingerprint density at radius 1 is 1.21 bits per heavy atom. The molecule has 28 heavy (non-hydrogen) atoms. The SMILES string of the molecule is O=C(NCC(c1cccs1)N1CCOCC1)c1ccc(Cn2cncn2)cc1. The van der Waals surface area contributed by atoms with Gasteiger partial charge in [0.25, 0.3) is 5.91 Å². The maximum atomic E-state index is 12.7. The number of carbonyl (C=O) groups excluding carboxylic acids is 1. The first-order chi connectivity index (χ1) is 13.8. The van der Waals surface area contributed by atoms with Crippen LogP contribution in [0.4, 0.5) is 0 Å². The molecule has 0 bridgehead atoms. The van der Waals surface area contributed by atoms with Gasteiger partial charge in [0, 0.05) is 30.1 Å². The molecular formula is C20H23N5O2S. The molecule has 8 heteroatoms. The third-order valence-corrected chi connectivity index (χ3v) is 5.81. The molecule has 1 atom stereocenters. The van der Waals surface area contributed by atoms with Crippen LogP contribution >= 0.6 is 11.3 Å². The number of hydrogen-bond donors (Lipinski definition) is 1. The van der Waals surface area contributed by atoms with Gasteiger partial charge in [-0.25, -0.2) is 9.67 Å². The fraction of sp³-hybridized carbons (Fsp3) is 0.350. The molecule has 146 valence electrons. The first-order valence-electron chi connectivity index (χ1n) is 9.34. The fourth-order valence-corrected chi connectivity index (χ4v) is 4.19. The van der Waals surface area contributed by atoms with Gasteiger partial charge in [0.15, 0.2) is 0 Å². The number of morpholine rings is 1. The normalized spacial score (nSPS) is 16.0. The van der Waals surface area contributed by atoms with Crippen LogP contribution in [0, 0.1) is 0 Å². The van der Waals surface area contributed by atoms with E-state index in [1.807, 2.05) is 24.3 Å². The van der Waals surface area contributed by atoms with E-state index in [1.165, 1.54) is 11.2 Å². The van der Waals surface area contributed by atoms with E-state index in [1.54, 1.807) is 22.3 Å². The number of benzene rings is 1. The van der Waals surface area contributed by atoms with Crippen molar-refractivity contribution in [2.75, 3.05) is 32.8 Å². The molecule has 0 aliphatic carbocycles. The minimum atomic E-state index is -0.0536. The van der Waals surface area contributed by atoms with Gasteiger partial charge in [-0.2, -0.15) is 5.10 Å². The summed E-state index contributed by atoms with van der Waals surface area (Å²) in [6.45, 7) is 4.47. The molecule has 3 aromatic rings. The van der Waals surface area contributed by atoms with Crippen LogP contribution in [-0.2, 0) is 11.3 Å². The zero-order valence-electron chi connectivity index (χ0n) is 15.5. The number of thiophene rings is 1. The van der Waals surface area contributed by atoms with Crippen LogP contribution in [0.3, 0.4) is 0 Å². The molecule has 2 aromatic heterocycles. The van der Waals surface area contributed by atoms with Crippen LogP contribution in [-0.4, -0.2) is 58.4 Å². The highest BCUT2D eigenvalue weighted by molar-refractivity contribution is 7.10. The number of nitrogens with zero attached hydrogens (tertiary/aromatic N) is 4. The van der Waals surface area contributed by atoms with Gasteiger partial charge in [-0.3, -0.25) is 9.69 Å². The largest absolute Gasteiger partial charge is 0.379 e. The summed E-state index contributed by atoms with van der Waals surface area (Å²) >= 11 is 1.73.